The Morgan fingerprint density at radius 3 is 2.40 bits per heavy atom. The molecule has 3 aromatic carbocycles. The quantitative estimate of drug-likeness (QED) is 0.212. The van der Waals surface area contributed by atoms with E-state index in [0.29, 0.717) is 40.4 Å². The van der Waals surface area contributed by atoms with E-state index in [1.807, 2.05) is 32.9 Å². The highest BCUT2D eigenvalue weighted by molar-refractivity contribution is 7.90. The molecule has 1 atom stereocenters. The van der Waals surface area contributed by atoms with E-state index < -0.39 is 22.0 Å². The molecule has 0 radical (unpaired) electrons. The summed E-state index contributed by atoms with van der Waals surface area (Å²) in [6.07, 6.45) is 1.57. The molecular weight excluding hydrogens is 594 g/mol. The molecule has 0 bridgehead atoms. The van der Waals surface area contributed by atoms with Crippen molar-refractivity contribution in [3.8, 4) is 17.2 Å². The molecular formula is C34H35N3O7S. The van der Waals surface area contributed by atoms with Gasteiger partial charge in [-0.1, -0.05) is 51.5 Å². The third-order valence-corrected chi connectivity index (χ3v) is 8.64. The van der Waals surface area contributed by atoms with Gasteiger partial charge < -0.3 is 19.5 Å². The summed E-state index contributed by atoms with van der Waals surface area (Å²) in [6.45, 7) is 6.29. The molecule has 4 aromatic rings. The minimum Gasteiger partial charge on any atom is -0.475 e. The SMILES string of the molecule is CCCc1cc(C(=O)NCc2ccccn2)ccc1OC(C(=O)NS(=O)(=O)c1ccc(C(C)C)cc1)c1ccc2c(c1)OCO2. The number of fused-ring (bicyclic) bond motifs is 1. The molecule has 10 nitrogen and oxygen atoms in total. The lowest BCUT2D eigenvalue weighted by molar-refractivity contribution is -0.126. The highest BCUT2D eigenvalue weighted by Crippen LogP contribution is 2.36. The summed E-state index contributed by atoms with van der Waals surface area (Å²) in [4.78, 5) is 30.9. The average Bonchev–Trinajstić information content (AvgIpc) is 3.51. The zero-order valence-electron chi connectivity index (χ0n) is 25.3. The molecule has 0 saturated carbocycles. The van der Waals surface area contributed by atoms with E-state index in [0.717, 1.165) is 17.7 Å². The van der Waals surface area contributed by atoms with Crippen LogP contribution in [-0.4, -0.2) is 32.0 Å². The largest absolute Gasteiger partial charge is 0.475 e. The molecule has 1 unspecified atom stereocenters. The highest BCUT2D eigenvalue weighted by Gasteiger charge is 2.30. The molecule has 45 heavy (non-hydrogen) atoms. The van der Waals surface area contributed by atoms with Crippen LogP contribution < -0.4 is 24.2 Å². The van der Waals surface area contributed by atoms with Crippen molar-refractivity contribution >= 4 is 21.8 Å². The van der Waals surface area contributed by atoms with Gasteiger partial charge in [0, 0.05) is 17.3 Å². The summed E-state index contributed by atoms with van der Waals surface area (Å²) < 4.78 is 45.9. The lowest BCUT2D eigenvalue weighted by atomic mass is 10.0. The van der Waals surface area contributed by atoms with E-state index >= 15 is 0 Å². The zero-order chi connectivity index (χ0) is 32.0. The number of carbonyl (C=O) groups is 2. The number of nitrogens with zero attached hydrogens (tertiary/aromatic N) is 1. The van der Waals surface area contributed by atoms with Crippen molar-refractivity contribution < 1.29 is 32.2 Å². The van der Waals surface area contributed by atoms with Gasteiger partial charge in [0.15, 0.2) is 11.5 Å². The molecule has 2 N–H and O–H groups in total. The number of rotatable bonds is 12. The first-order valence-electron chi connectivity index (χ1n) is 14.7. The predicted molar refractivity (Wildman–Crippen MR) is 168 cm³/mol. The number of benzene rings is 3. The van der Waals surface area contributed by atoms with E-state index in [2.05, 4.69) is 15.0 Å². The predicted octanol–water partition coefficient (Wildman–Crippen LogP) is 5.44. The number of amides is 2. The first kappa shape index (κ1) is 31.5. The number of carbonyl (C=O) groups excluding carboxylic acids is 2. The molecule has 11 heteroatoms. The second kappa shape index (κ2) is 13.8. The van der Waals surface area contributed by atoms with Crippen molar-refractivity contribution in [2.45, 2.75) is 57.1 Å². The molecule has 1 aliphatic rings. The first-order chi connectivity index (χ1) is 21.6. The number of aryl methyl sites for hydroxylation is 1. The molecule has 234 valence electrons. The minimum atomic E-state index is -4.22. The fraction of sp³-hybridized carbons (Fsp3) is 0.265. The van der Waals surface area contributed by atoms with Gasteiger partial charge in [-0.05, 0) is 78.1 Å². The number of aromatic nitrogens is 1. The van der Waals surface area contributed by atoms with Crippen molar-refractivity contribution in [3.05, 3.63) is 113 Å². The first-order valence-corrected chi connectivity index (χ1v) is 16.2. The summed E-state index contributed by atoms with van der Waals surface area (Å²) in [5.74, 6) is 0.300. The lowest BCUT2D eigenvalue weighted by Gasteiger charge is -2.22. The molecule has 1 aromatic heterocycles. The van der Waals surface area contributed by atoms with Gasteiger partial charge in [0.1, 0.15) is 5.75 Å². The zero-order valence-corrected chi connectivity index (χ0v) is 26.1. The van der Waals surface area contributed by atoms with E-state index in [9.17, 15) is 18.0 Å². The Morgan fingerprint density at radius 2 is 1.69 bits per heavy atom. The van der Waals surface area contributed by atoms with E-state index in [1.54, 1.807) is 60.8 Å². The molecule has 2 heterocycles. The third-order valence-electron chi connectivity index (χ3n) is 7.27. The van der Waals surface area contributed by atoms with Gasteiger partial charge in [-0.15, -0.1) is 0 Å². The van der Waals surface area contributed by atoms with Gasteiger partial charge >= 0.3 is 0 Å². The monoisotopic (exact) mass is 629 g/mol. The van der Waals surface area contributed by atoms with E-state index in [1.165, 1.54) is 12.1 Å². The van der Waals surface area contributed by atoms with Crippen LogP contribution in [-0.2, 0) is 27.8 Å². The fourth-order valence-corrected chi connectivity index (χ4v) is 5.81. The maximum atomic E-state index is 13.7. The van der Waals surface area contributed by atoms with Crippen LogP contribution in [0.25, 0.3) is 0 Å². The fourth-order valence-electron chi connectivity index (χ4n) is 4.83. The number of ether oxygens (including phenoxy) is 3. The molecule has 2 amide bonds. The Bertz CT molecular complexity index is 1780. The Hall–Kier alpha value is -4.90. The number of pyridine rings is 1. The van der Waals surface area contributed by atoms with Crippen LogP contribution in [0.4, 0.5) is 0 Å². The number of hydrogen-bond acceptors (Lipinski definition) is 8. The van der Waals surface area contributed by atoms with Crippen molar-refractivity contribution in [1.82, 2.24) is 15.0 Å². The van der Waals surface area contributed by atoms with Gasteiger partial charge in [0.25, 0.3) is 21.8 Å². The second-order valence-corrected chi connectivity index (χ2v) is 12.6. The lowest BCUT2D eigenvalue weighted by Crippen LogP contribution is -2.37. The van der Waals surface area contributed by atoms with Crippen molar-refractivity contribution in [1.29, 1.82) is 0 Å². The summed E-state index contributed by atoms with van der Waals surface area (Å²) in [5.41, 5.74) is 3.16. The Balaban J connectivity index is 1.42. The molecule has 1 aliphatic heterocycles. The van der Waals surface area contributed by atoms with Gasteiger partial charge in [0.2, 0.25) is 12.9 Å². The van der Waals surface area contributed by atoms with Crippen LogP contribution in [0.5, 0.6) is 17.2 Å². The standard InChI is InChI=1S/C34H35N3O7S/c1-4-7-24-18-26(33(38)36-20-27-8-5-6-17-35-27)12-15-29(24)44-32(25-11-16-30-31(19-25)43-21-42-30)34(39)37-45(40,41)28-13-9-23(10-14-28)22(2)3/h5-6,8-19,22,32H,4,7,20-21H2,1-3H3,(H,36,38)(H,37,39). The van der Waals surface area contributed by atoms with E-state index in [-0.39, 0.29) is 30.1 Å². The maximum absolute atomic E-state index is 13.7. The average molecular weight is 630 g/mol. The highest BCUT2D eigenvalue weighted by atomic mass is 32.2. The van der Waals surface area contributed by atoms with E-state index in [4.69, 9.17) is 14.2 Å². The van der Waals surface area contributed by atoms with Crippen LogP contribution in [0, 0.1) is 0 Å². The van der Waals surface area contributed by atoms with Gasteiger partial charge in [-0.2, -0.15) is 0 Å². The number of hydrogen-bond donors (Lipinski definition) is 2. The molecule has 0 saturated heterocycles. The topological polar surface area (TPSA) is 133 Å². The number of sulfonamides is 1. The Labute approximate surface area is 262 Å². The summed E-state index contributed by atoms with van der Waals surface area (Å²) in [6, 6.07) is 21.7. The van der Waals surface area contributed by atoms with Crippen LogP contribution in [0.15, 0.2) is 90.0 Å². The summed E-state index contributed by atoms with van der Waals surface area (Å²) >= 11 is 0. The smallest absolute Gasteiger partial charge is 0.279 e. The van der Waals surface area contributed by atoms with Gasteiger partial charge in [0.05, 0.1) is 17.1 Å². The number of nitrogens with one attached hydrogen (secondary N) is 2. The third kappa shape index (κ3) is 7.61. The van der Waals surface area contributed by atoms with Gasteiger partial charge in [-0.3, -0.25) is 14.6 Å². The normalized spacial score (nSPS) is 12.9. The van der Waals surface area contributed by atoms with Crippen molar-refractivity contribution in [3.63, 3.8) is 0 Å². The maximum Gasteiger partial charge on any atom is 0.279 e. The van der Waals surface area contributed by atoms with Crippen molar-refractivity contribution in [2.24, 2.45) is 0 Å². The van der Waals surface area contributed by atoms with Crippen molar-refractivity contribution in [2.75, 3.05) is 6.79 Å². The Kier molecular flexibility index (Phi) is 9.68. The van der Waals surface area contributed by atoms with Crippen LogP contribution >= 0.6 is 0 Å². The van der Waals surface area contributed by atoms with Crippen LogP contribution in [0.1, 0.15) is 72.0 Å². The second-order valence-electron chi connectivity index (χ2n) is 10.9. The molecule has 0 aliphatic carbocycles. The van der Waals surface area contributed by atoms with Crippen LogP contribution in [0.3, 0.4) is 0 Å². The molecule has 0 fully saturated rings. The minimum absolute atomic E-state index is 0.0295. The van der Waals surface area contributed by atoms with Gasteiger partial charge in [-0.25, -0.2) is 13.1 Å². The molecule has 5 rings (SSSR count). The Morgan fingerprint density at radius 1 is 0.933 bits per heavy atom. The van der Waals surface area contributed by atoms with Crippen LogP contribution in [0.2, 0.25) is 0 Å². The molecule has 0 spiro atoms. The summed E-state index contributed by atoms with van der Waals surface area (Å²) in [7, 11) is -4.22. The summed E-state index contributed by atoms with van der Waals surface area (Å²) in [5, 5.41) is 2.86.